The van der Waals surface area contributed by atoms with Gasteiger partial charge in [-0.3, -0.25) is 4.79 Å². The van der Waals surface area contributed by atoms with Crippen LogP contribution in [0, 0.1) is 11.8 Å². The van der Waals surface area contributed by atoms with Crippen molar-refractivity contribution >= 4 is 5.78 Å². The Labute approximate surface area is 124 Å². The summed E-state index contributed by atoms with van der Waals surface area (Å²) in [7, 11) is 0. The van der Waals surface area contributed by atoms with Crippen LogP contribution in [0.25, 0.3) is 0 Å². The molecule has 0 amide bonds. The fraction of sp³-hybridized carbons (Fsp3) is 0.941. The lowest BCUT2D eigenvalue weighted by atomic mass is 9.83. The Bertz CT molecular complexity index is 255. The van der Waals surface area contributed by atoms with Crippen molar-refractivity contribution in [3.05, 3.63) is 0 Å². The Morgan fingerprint density at radius 1 is 1.10 bits per heavy atom. The molecule has 0 aliphatic heterocycles. The molecule has 0 heterocycles. The van der Waals surface area contributed by atoms with E-state index in [0.717, 1.165) is 32.2 Å². The lowest BCUT2D eigenvalue weighted by Crippen LogP contribution is -2.23. The molecule has 1 rings (SSSR count). The van der Waals surface area contributed by atoms with Crippen LogP contribution in [0.1, 0.15) is 65.7 Å². The minimum atomic E-state index is 0.347. The molecule has 0 unspecified atom stereocenters. The standard InChI is InChI=1S/C17H32O3/c1-4-17(18)6-5-11-19-12-15-7-9-16(10-8-15)13-20-14(2)3/h14-16H,4-13H2,1-3H3. The average Bonchev–Trinajstić information content (AvgIpc) is 2.45. The van der Waals surface area contributed by atoms with Crippen LogP contribution in [-0.2, 0) is 14.3 Å². The van der Waals surface area contributed by atoms with Gasteiger partial charge < -0.3 is 9.47 Å². The summed E-state index contributed by atoms with van der Waals surface area (Å²) >= 11 is 0. The summed E-state index contributed by atoms with van der Waals surface area (Å²) in [5.41, 5.74) is 0. The first-order chi connectivity index (χ1) is 9.61. The van der Waals surface area contributed by atoms with Gasteiger partial charge in [0.05, 0.1) is 6.10 Å². The molecule has 3 heteroatoms. The summed E-state index contributed by atoms with van der Waals surface area (Å²) in [6.07, 6.45) is 7.63. The summed E-state index contributed by atoms with van der Waals surface area (Å²) in [5.74, 6) is 1.81. The van der Waals surface area contributed by atoms with Crippen LogP contribution in [0.15, 0.2) is 0 Å². The highest BCUT2D eigenvalue weighted by Crippen LogP contribution is 2.29. The van der Waals surface area contributed by atoms with Crippen molar-refractivity contribution in [1.29, 1.82) is 0 Å². The molecule has 3 nitrogen and oxygen atoms in total. The van der Waals surface area contributed by atoms with Gasteiger partial charge in [-0.15, -0.1) is 0 Å². The molecule has 1 fully saturated rings. The lowest BCUT2D eigenvalue weighted by molar-refractivity contribution is -0.119. The molecule has 0 aromatic carbocycles. The van der Waals surface area contributed by atoms with Gasteiger partial charge in [-0.25, -0.2) is 0 Å². The number of rotatable bonds is 10. The van der Waals surface area contributed by atoms with E-state index in [1.165, 1.54) is 25.7 Å². The van der Waals surface area contributed by atoms with Crippen LogP contribution in [-0.4, -0.2) is 31.7 Å². The molecule has 0 radical (unpaired) electrons. The normalized spacial score (nSPS) is 23.2. The summed E-state index contributed by atoms with van der Waals surface area (Å²) < 4.78 is 11.4. The van der Waals surface area contributed by atoms with E-state index in [1.54, 1.807) is 0 Å². The third-order valence-corrected chi connectivity index (χ3v) is 4.12. The largest absolute Gasteiger partial charge is 0.381 e. The molecule has 1 aliphatic rings. The molecule has 1 saturated carbocycles. The topological polar surface area (TPSA) is 35.5 Å². The van der Waals surface area contributed by atoms with Crippen molar-refractivity contribution in [3.63, 3.8) is 0 Å². The lowest BCUT2D eigenvalue weighted by Gasteiger charge is -2.28. The first kappa shape index (κ1) is 17.6. The maximum Gasteiger partial charge on any atom is 0.132 e. The highest BCUT2D eigenvalue weighted by atomic mass is 16.5. The first-order valence-electron chi connectivity index (χ1n) is 8.32. The summed E-state index contributed by atoms with van der Waals surface area (Å²) in [6, 6.07) is 0. The molecule has 0 aromatic heterocycles. The smallest absolute Gasteiger partial charge is 0.132 e. The zero-order valence-electron chi connectivity index (χ0n) is 13.5. The van der Waals surface area contributed by atoms with E-state index in [1.807, 2.05) is 6.92 Å². The van der Waals surface area contributed by atoms with Crippen LogP contribution in [0.4, 0.5) is 0 Å². The number of Topliss-reactive ketones (excluding diaryl/α,β-unsaturated/α-hetero) is 1. The number of hydrogen-bond donors (Lipinski definition) is 0. The van der Waals surface area contributed by atoms with Gasteiger partial charge in [0.15, 0.2) is 0 Å². The van der Waals surface area contributed by atoms with Crippen molar-refractivity contribution in [2.75, 3.05) is 19.8 Å². The molecular weight excluding hydrogens is 252 g/mol. The number of hydrogen-bond acceptors (Lipinski definition) is 3. The van der Waals surface area contributed by atoms with Crippen molar-refractivity contribution in [3.8, 4) is 0 Å². The van der Waals surface area contributed by atoms with E-state index in [2.05, 4.69) is 13.8 Å². The van der Waals surface area contributed by atoms with E-state index in [4.69, 9.17) is 9.47 Å². The fourth-order valence-electron chi connectivity index (χ4n) is 2.69. The van der Waals surface area contributed by atoms with E-state index in [0.29, 0.717) is 30.6 Å². The molecule has 0 bridgehead atoms. The van der Waals surface area contributed by atoms with E-state index in [9.17, 15) is 4.79 Å². The second-order valence-electron chi connectivity index (χ2n) is 6.34. The van der Waals surface area contributed by atoms with E-state index < -0.39 is 0 Å². The third kappa shape index (κ3) is 8.01. The van der Waals surface area contributed by atoms with Gasteiger partial charge in [0.1, 0.15) is 5.78 Å². The molecular formula is C17H32O3. The molecule has 118 valence electrons. The fourth-order valence-corrected chi connectivity index (χ4v) is 2.69. The molecule has 0 aromatic rings. The van der Waals surface area contributed by atoms with Crippen molar-refractivity contribution < 1.29 is 14.3 Å². The second-order valence-corrected chi connectivity index (χ2v) is 6.34. The van der Waals surface area contributed by atoms with Crippen LogP contribution >= 0.6 is 0 Å². The Kier molecular flexibility index (Phi) is 9.12. The predicted molar refractivity (Wildman–Crippen MR) is 81.9 cm³/mol. The van der Waals surface area contributed by atoms with Gasteiger partial charge in [0.2, 0.25) is 0 Å². The Balaban J connectivity index is 1.98. The van der Waals surface area contributed by atoms with Gasteiger partial charge >= 0.3 is 0 Å². The zero-order valence-corrected chi connectivity index (χ0v) is 13.5. The quantitative estimate of drug-likeness (QED) is 0.569. The van der Waals surface area contributed by atoms with Gasteiger partial charge in [-0.1, -0.05) is 6.92 Å². The highest BCUT2D eigenvalue weighted by Gasteiger charge is 2.21. The SMILES string of the molecule is CCC(=O)CCCOCC1CCC(COC(C)C)CC1. The summed E-state index contributed by atoms with van der Waals surface area (Å²) in [6.45, 7) is 8.65. The van der Waals surface area contributed by atoms with Crippen LogP contribution < -0.4 is 0 Å². The Morgan fingerprint density at radius 2 is 1.70 bits per heavy atom. The molecule has 0 spiro atoms. The van der Waals surface area contributed by atoms with E-state index >= 15 is 0 Å². The number of carbonyl (C=O) groups is 1. The van der Waals surface area contributed by atoms with Crippen LogP contribution in [0.2, 0.25) is 0 Å². The molecule has 0 saturated heterocycles. The van der Waals surface area contributed by atoms with Crippen LogP contribution in [0.3, 0.4) is 0 Å². The summed E-state index contributed by atoms with van der Waals surface area (Å²) in [4.78, 5) is 11.2. The minimum Gasteiger partial charge on any atom is -0.381 e. The molecule has 1 aliphatic carbocycles. The average molecular weight is 284 g/mol. The molecule has 0 atom stereocenters. The first-order valence-corrected chi connectivity index (χ1v) is 8.32. The van der Waals surface area contributed by atoms with Gasteiger partial charge in [-0.05, 0) is 57.8 Å². The highest BCUT2D eigenvalue weighted by molar-refractivity contribution is 5.77. The maximum atomic E-state index is 11.2. The van der Waals surface area contributed by atoms with Crippen molar-refractivity contribution in [2.45, 2.75) is 71.8 Å². The van der Waals surface area contributed by atoms with Crippen LogP contribution in [0.5, 0.6) is 0 Å². The molecule has 0 N–H and O–H groups in total. The van der Waals surface area contributed by atoms with Gasteiger partial charge in [0, 0.05) is 32.7 Å². The number of ether oxygens (including phenoxy) is 2. The zero-order chi connectivity index (χ0) is 14.8. The number of ketones is 1. The van der Waals surface area contributed by atoms with Crippen molar-refractivity contribution in [1.82, 2.24) is 0 Å². The summed E-state index contributed by atoms with van der Waals surface area (Å²) in [5, 5.41) is 0. The monoisotopic (exact) mass is 284 g/mol. The van der Waals surface area contributed by atoms with Crippen molar-refractivity contribution in [2.24, 2.45) is 11.8 Å². The van der Waals surface area contributed by atoms with E-state index in [-0.39, 0.29) is 0 Å². The van der Waals surface area contributed by atoms with Gasteiger partial charge in [0.25, 0.3) is 0 Å². The number of carbonyl (C=O) groups excluding carboxylic acids is 1. The second kappa shape index (κ2) is 10.3. The maximum absolute atomic E-state index is 11.2. The Hall–Kier alpha value is -0.410. The molecule has 20 heavy (non-hydrogen) atoms. The third-order valence-electron chi connectivity index (χ3n) is 4.12. The van der Waals surface area contributed by atoms with Gasteiger partial charge in [-0.2, -0.15) is 0 Å². The Morgan fingerprint density at radius 3 is 2.25 bits per heavy atom. The predicted octanol–water partition coefficient (Wildman–Crippen LogP) is 3.99. The minimum absolute atomic E-state index is 0.347.